The summed E-state index contributed by atoms with van der Waals surface area (Å²) in [4.78, 5) is 27.7. The van der Waals surface area contributed by atoms with Crippen molar-refractivity contribution in [1.82, 2.24) is 4.90 Å². The number of carbonyl (C=O) groups excluding carboxylic acids is 1. The summed E-state index contributed by atoms with van der Waals surface area (Å²) in [6.07, 6.45) is 3.85. The number of nitro benzene ring substituents is 1. The molecule has 1 aliphatic heterocycles. The van der Waals surface area contributed by atoms with Crippen LogP contribution >= 0.6 is 0 Å². The van der Waals surface area contributed by atoms with Crippen LogP contribution in [0, 0.1) is 10.1 Å². The van der Waals surface area contributed by atoms with E-state index in [9.17, 15) is 14.9 Å². The number of fused-ring (bicyclic) bond motifs is 1. The molecule has 2 amide bonds. The third-order valence-corrected chi connectivity index (χ3v) is 5.89. The zero-order valence-electron chi connectivity index (χ0n) is 20.2. The fraction of sp³-hybridized carbons (Fsp3) is 0.423. The van der Waals surface area contributed by atoms with Gasteiger partial charge >= 0.3 is 6.03 Å². The molecule has 1 N–H and O–H groups in total. The molecule has 0 aromatic heterocycles. The van der Waals surface area contributed by atoms with E-state index in [0.29, 0.717) is 12.2 Å². The minimum Gasteiger partial charge on any atom is -0.308 e. The number of hydrogen-bond donors (Lipinski definition) is 1. The second kappa shape index (κ2) is 12.2. The zero-order valence-corrected chi connectivity index (χ0v) is 20.2. The highest BCUT2D eigenvalue weighted by Crippen LogP contribution is 2.43. The molecule has 0 radical (unpaired) electrons. The second-order valence-electron chi connectivity index (χ2n) is 8.49. The monoisotopic (exact) mass is 452 g/mol. The largest absolute Gasteiger partial charge is 0.326 e. The minimum absolute atomic E-state index is 0.000324. The minimum atomic E-state index is -0.452. The van der Waals surface area contributed by atoms with Gasteiger partial charge in [-0.05, 0) is 63.2 Å². The number of para-hydroxylation sites is 1. The first-order valence-corrected chi connectivity index (χ1v) is 11.5. The number of benzene rings is 2. The molecule has 3 rings (SSSR count). The lowest BCUT2D eigenvalue weighted by Crippen LogP contribution is -2.40. The van der Waals surface area contributed by atoms with E-state index in [1.54, 1.807) is 23.1 Å². The number of nitrogens with one attached hydrogen (secondary N) is 1. The first-order valence-electron chi connectivity index (χ1n) is 11.5. The van der Waals surface area contributed by atoms with Crippen molar-refractivity contribution in [2.24, 2.45) is 0 Å². The Morgan fingerprint density at radius 3 is 2.42 bits per heavy atom. The van der Waals surface area contributed by atoms with Gasteiger partial charge in [0.1, 0.15) is 0 Å². The number of hydrogen-bond acceptors (Lipinski definition) is 4. The Morgan fingerprint density at radius 2 is 1.85 bits per heavy atom. The summed E-state index contributed by atoms with van der Waals surface area (Å²) >= 11 is 0. The van der Waals surface area contributed by atoms with Crippen LogP contribution in [-0.2, 0) is 5.41 Å². The lowest BCUT2D eigenvalue weighted by molar-refractivity contribution is -0.384. The van der Waals surface area contributed by atoms with E-state index < -0.39 is 4.92 Å². The van der Waals surface area contributed by atoms with Crippen LogP contribution in [0.4, 0.5) is 21.9 Å². The Bertz CT molecular complexity index is 945. The summed E-state index contributed by atoms with van der Waals surface area (Å²) < 4.78 is 0. The molecule has 1 unspecified atom stereocenters. The molecule has 0 bridgehead atoms. The molecule has 0 saturated carbocycles. The van der Waals surface area contributed by atoms with Crippen molar-refractivity contribution in [3.05, 3.63) is 76.9 Å². The first-order chi connectivity index (χ1) is 15.8. The van der Waals surface area contributed by atoms with Crippen LogP contribution in [0.1, 0.15) is 46.1 Å². The third-order valence-electron chi connectivity index (χ3n) is 5.89. The van der Waals surface area contributed by atoms with Crippen LogP contribution in [0.25, 0.3) is 0 Å². The van der Waals surface area contributed by atoms with Gasteiger partial charge in [-0.1, -0.05) is 45.0 Å². The van der Waals surface area contributed by atoms with Gasteiger partial charge in [0.05, 0.1) is 4.92 Å². The van der Waals surface area contributed by atoms with Crippen molar-refractivity contribution in [3.63, 3.8) is 0 Å². The predicted molar refractivity (Wildman–Crippen MR) is 136 cm³/mol. The number of rotatable bonds is 8. The van der Waals surface area contributed by atoms with E-state index in [0.717, 1.165) is 38.2 Å². The topological polar surface area (TPSA) is 78.7 Å². The van der Waals surface area contributed by atoms with Crippen LogP contribution in [-0.4, -0.2) is 42.0 Å². The maximum Gasteiger partial charge on any atom is 0.326 e. The highest BCUT2D eigenvalue weighted by molar-refractivity contribution is 6.03. The number of anilines is 2. The van der Waals surface area contributed by atoms with Gasteiger partial charge in [-0.3, -0.25) is 15.0 Å². The van der Waals surface area contributed by atoms with E-state index in [2.05, 4.69) is 43.6 Å². The zero-order chi connectivity index (χ0) is 24.4. The Labute approximate surface area is 197 Å². The quantitative estimate of drug-likeness (QED) is 0.293. The maximum atomic E-state index is 13.1. The number of carbonyl (C=O) groups is 1. The molecule has 178 valence electrons. The standard InChI is InChI=1S/C23H30N4O3.C3H6/c1-4-15-25(5-2)16-14-23(3)17-26(21-9-7-6-8-20(21)23)22(28)24-18-10-12-19(13-11-18)27(29)30;1-3-2/h6-13H,4-5,14-17H2,1-3H3,(H,24,28);3H,1H2,2H3. The Hall–Kier alpha value is -3.19. The van der Waals surface area contributed by atoms with Crippen LogP contribution in [0.5, 0.6) is 0 Å². The first kappa shape index (κ1) is 26.1. The van der Waals surface area contributed by atoms with Gasteiger partial charge < -0.3 is 10.2 Å². The van der Waals surface area contributed by atoms with Crippen molar-refractivity contribution in [3.8, 4) is 0 Å². The number of urea groups is 1. The van der Waals surface area contributed by atoms with Crippen LogP contribution in [0.3, 0.4) is 0 Å². The van der Waals surface area contributed by atoms with Crippen LogP contribution < -0.4 is 10.2 Å². The van der Waals surface area contributed by atoms with Crippen molar-refractivity contribution in [1.29, 1.82) is 0 Å². The second-order valence-corrected chi connectivity index (χ2v) is 8.49. The highest BCUT2D eigenvalue weighted by atomic mass is 16.6. The maximum absolute atomic E-state index is 13.1. The number of non-ortho nitro benzene ring substituents is 1. The smallest absolute Gasteiger partial charge is 0.308 e. The molecule has 0 spiro atoms. The number of nitrogens with zero attached hydrogens (tertiary/aromatic N) is 3. The average Bonchev–Trinajstić information content (AvgIpc) is 3.11. The summed E-state index contributed by atoms with van der Waals surface area (Å²) in [6.45, 7) is 15.6. The Morgan fingerprint density at radius 1 is 1.21 bits per heavy atom. The summed E-state index contributed by atoms with van der Waals surface area (Å²) in [5.41, 5.74) is 2.54. The molecular formula is C26H36N4O3. The van der Waals surface area contributed by atoms with E-state index in [1.807, 2.05) is 25.1 Å². The molecular weight excluding hydrogens is 416 g/mol. The number of nitro groups is 1. The lowest BCUT2D eigenvalue weighted by Gasteiger charge is -2.29. The van der Waals surface area contributed by atoms with E-state index >= 15 is 0 Å². The molecule has 0 aliphatic carbocycles. The molecule has 33 heavy (non-hydrogen) atoms. The van der Waals surface area contributed by atoms with Gasteiger partial charge in [0.25, 0.3) is 5.69 Å². The van der Waals surface area contributed by atoms with E-state index in [4.69, 9.17) is 0 Å². The van der Waals surface area contributed by atoms with Crippen molar-refractivity contribution in [2.75, 3.05) is 36.4 Å². The molecule has 0 saturated heterocycles. The van der Waals surface area contributed by atoms with Gasteiger partial charge in [-0.15, -0.1) is 6.58 Å². The lowest BCUT2D eigenvalue weighted by atomic mass is 9.81. The average molecular weight is 453 g/mol. The summed E-state index contributed by atoms with van der Waals surface area (Å²) in [5.74, 6) is 0. The van der Waals surface area contributed by atoms with Gasteiger partial charge in [-0.2, -0.15) is 0 Å². The van der Waals surface area contributed by atoms with Crippen molar-refractivity contribution >= 4 is 23.1 Å². The Kier molecular flexibility index (Phi) is 9.60. The number of allylic oxidation sites excluding steroid dienone is 1. The molecule has 1 aliphatic rings. The number of amides is 2. The predicted octanol–water partition coefficient (Wildman–Crippen LogP) is 6.22. The Balaban J connectivity index is 0.00000122. The van der Waals surface area contributed by atoms with Gasteiger partial charge in [0, 0.05) is 35.5 Å². The molecule has 7 heteroatoms. The summed E-state index contributed by atoms with van der Waals surface area (Å²) in [6, 6.07) is 13.8. The van der Waals surface area contributed by atoms with Gasteiger partial charge in [0.2, 0.25) is 0 Å². The molecule has 1 heterocycles. The summed E-state index contributed by atoms with van der Waals surface area (Å²) in [5, 5.41) is 13.7. The fourth-order valence-electron chi connectivity index (χ4n) is 4.14. The van der Waals surface area contributed by atoms with Crippen LogP contribution in [0.15, 0.2) is 61.2 Å². The van der Waals surface area contributed by atoms with Gasteiger partial charge in [0.15, 0.2) is 0 Å². The third kappa shape index (κ3) is 6.65. The molecule has 2 aromatic rings. The summed E-state index contributed by atoms with van der Waals surface area (Å²) in [7, 11) is 0. The SMILES string of the molecule is C=CC.CCCN(CC)CCC1(C)CN(C(=O)Nc2ccc([N+](=O)[O-])cc2)c2ccccc21. The fourth-order valence-corrected chi connectivity index (χ4v) is 4.14. The highest BCUT2D eigenvalue weighted by Gasteiger charge is 2.41. The van der Waals surface area contributed by atoms with Gasteiger partial charge in [-0.25, -0.2) is 4.79 Å². The molecule has 7 nitrogen and oxygen atoms in total. The van der Waals surface area contributed by atoms with E-state index in [1.165, 1.54) is 17.7 Å². The molecule has 1 atom stereocenters. The molecule has 2 aromatic carbocycles. The molecule has 0 fully saturated rings. The normalized spacial score (nSPS) is 16.6. The van der Waals surface area contributed by atoms with Crippen LogP contribution in [0.2, 0.25) is 0 Å². The van der Waals surface area contributed by atoms with Crippen molar-refractivity contribution < 1.29 is 9.72 Å². The van der Waals surface area contributed by atoms with Crippen molar-refractivity contribution in [2.45, 2.75) is 46.0 Å². The van der Waals surface area contributed by atoms with E-state index in [-0.39, 0.29) is 17.1 Å².